The number of hydrogen-bond donors (Lipinski definition) is 3. The number of para-hydroxylation sites is 1. The zero-order valence-electron chi connectivity index (χ0n) is 15.9. The van der Waals surface area contributed by atoms with Gasteiger partial charge in [-0.15, -0.1) is 0 Å². The third-order valence-electron chi connectivity index (χ3n) is 4.64. The summed E-state index contributed by atoms with van der Waals surface area (Å²) in [7, 11) is 0. The first-order valence-corrected chi connectivity index (χ1v) is 9.43. The van der Waals surface area contributed by atoms with Gasteiger partial charge in [0.15, 0.2) is 5.82 Å². The standard InChI is InChI=1S/C21H19F2N5O2/c22-15-8-4-9-16(23)18(15)28-19-14(12-25-21(28)30)17(13-6-2-1-3-7-13)26-20(27-19)24-10-5-11-29/h1-4,6-9,29H,5,10-12H2,(H,25,30)(H,24,26,27). The number of aliphatic hydroxyl groups excluding tert-OH is 1. The van der Waals surface area contributed by atoms with Crippen LogP contribution in [0.1, 0.15) is 12.0 Å². The van der Waals surface area contributed by atoms with Gasteiger partial charge in [-0.05, 0) is 18.6 Å². The number of nitrogens with one attached hydrogen (secondary N) is 2. The first kappa shape index (κ1) is 19.7. The Labute approximate surface area is 171 Å². The van der Waals surface area contributed by atoms with E-state index in [1.54, 1.807) is 0 Å². The number of hydrogen-bond acceptors (Lipinski definition) is 5. The SMILES string of the molecule is O=C1NCc2c(-c3ccccc3)nc(NCCCO)nc2N1c1c(F)cccc1F. The summed E-state index contributed by atoms with van der Waals surface area (Å²) < 4.78 is 29.1. The lowest BCUT2D eigenvalue weighted by molar-refractivity contribution is 0.246. The lowest BCUT2D eigenvalue weighted by Gasteiger charge is -2.30. The molecule has 2 aromatic carbocycles. The predicted molar refractivity (Wildman–Crippen MR) is 108 cm³/mol. The van der Waals surface area contributed by atoms with Gasteiger partial charge in [-0.2, -0.15) is 4.98 Å². The Morgan fingerprint density at radius 1 is 1.07 bits per heavy atom. The zero-order valence-corrected chi connectivity index (χ0v) is 15.9. The number of aliphatic hydroxyl groups is 1. The summed E-state index contributed by atoms with van der Waals surface area (Å²) >= 11 is 0. The van der Waals surface area contributed by atoms with Gasteiger partial charge < -0.3 is 15.7 Å². The average molecular weight is 411 g/mol. The molecule has 1 aliphatic rings. The van der Waals surface area contributed by atoms with Crippen LogP contribution in [0, 0.1) is 11.6 Å². The Morgan fingerprint density at radius 3 is 2.50 bits per heavy atom. The number of aromatic nitrogens is 2. The van der Waals surface area contributed by atoms with Crippen LogP contribution in [0.15, 0.2) is 48.5 Å². The first-order valence-electron chi connectivity index (χ1n) is 9.43. The van der Waals surface area contributed by atoms with E-state index in [2.05, 4.69) is 20.6 Å². The predicted octanol–water partition coefficient (Wildman–Crippen LogP) is 3.58. The Morgan fingerprint density at radius 2 is 1.80 bits per heavy atom. The molecule has 3 N–H and O–H groups in total. The maximum absolute atomic E-state index is 14.5. The fraction of sp³-hybridized carbons (Fsp3) is 0.190. The molecule has 0 unspecified atom stereocenters. The highest BCUT2D eigenvalue weighted by Crippen LogP contribution is 2.38. The quantitative estimate of drug-likeness (QED) is 0.540. The van der Waals surface area contributed by atoms with E-state index in [0.717, 1.165) is 22.6 Å². The van der Waals surface area contributed by atoms with Gasteiger partial charge >= 0.3 is 6.03 Å². The van der Waals surface area contributed by atoms with Crippen molar-refractivity contribution >= 4 is 23.5 Å². The molecule has 2 amide bonds. The Bertz CT molecular complexity index is 1060. The molecule has 9 heteroatoms. The van der Waals surface area contributed by atoms with Crippen LogP contribution in [-0.4, -0.2) is 34.3 Å². The lowest BCUT2D eigenvalue weighted by atomic mass is 10.0. The van der Waals surface area contributed by atoms with Crippen LogP contribution >= 0.6 is 0 Å². The van der Waals surface area contributed by atoms with Crippen molar-refractivity contribution in [1.82, 2.24) is 15.3 Å². The fourth-order valence-corrected chi connectivity index (χ4v) is 3.26. The molecule has 2 heterocycles. The van der Waals surface area contributed by atoms with Gasteiger partial charge in [-0.1, -0.05) is 36.4 Å². The molecule has 0 spiro atoms. The monoisotopic (exact) mass is 411 g/mol. The number of halogens is 2. The molecular formula is C21H19F2N5O2. The molecule has 0 fully saturated rings. The minimum absolute atomic E-state index is 0.0154. The molecule has 0 saturated heterocycles. The number of carbonyl (C=O) groups is 1. The first-order chi connectivity index (χ1) is 14.6. The van der Waals surface area contributed by atoms with Crippen molar-refractivity contribution in [2.75, 3.05) is 23.4 Å². The van der Waals surface area contributed by atoms with E-state index in [-0.39, 0.29) is 24.9 Å². The number of anilines is 3. The molecule has 7 nitrogen and oxygen atoms in total. The maximum Gasteiger partial charge on any atom is 0.328 e. The van der Waals surface area contributed by atoms with Crippen LogP contribution in [0.5, 0.6) is 0 Å². The highest BCUT2D eigenvalue weighted by molar-refractivity contribution is 6.02. The van der Waals surface area contributed by atoms with Crippen LogP contribution in [-0.2, 0) is 6.54 Å². The minimum Gasteiger partial charge on any atom is -0.396 e. The molecule has 1 aliphatic heterocycles. The van der Waals surface area contributed by atoms with Crippen molar-refractivity contribution in [2.24, 2.45) is 0 Å². The Balaban J connectivity index is 1.91. The summed E-state index contributed by atoms with van der Waals surface area (Å²) in [5.41, 5.74) is 1.34. The molecule has 3 aromatic rings. The molecule has 0 atom stereocenters. The van der Waals surface area contributed by atoms with Crippen LogP contribution in [0.3, 0.4) is 0 Å². The molecular weight excluding hydrogens is 392 g/mol. The van der Waals surface area contributed by atoms with Gasteiger partial charge in [0.25, 0.3) is 0 Å². The van der Waals surface area contributed by atoms with Gasteiger partial charge in [0, 0.05) is 24.3 Å². The summed E-state index contributed by atoms with van der Waals surface area (Å²) in [5.74, 6) is -1.47. The van der Waals surface area contributed by atoms with E-state index in [1.165, 1.54) is 6.07 Å². The number of rotatable bonds is 6. The fourth-order valence-electron chi connectivity index (χ4n) is 3.26. The van der Waals surface area contributed by atoms with Crippen molar-refractivity contribution in [3.63, 3.8) is 0 Å². The summed E-state index contributed by atoms with van der Waals surface area (Å²) in [4.78, 5) is 22.5. The van der Waals surface area contributed by atoms with E-state index in [1.807, 2.05) is 30.3 Å². The van der Waals surface area contributed by atoms with Crippen molar-refractivity contribution in [1.29, 1.82) is 0 Å². The molecule has 0 bridgehead atoms. The average Bonchev–Trinajstić information content (AvgIpc) is 2.75. The third-order valence-corrected chi connectivity index (χ3v) is 4.64. The molecule has 0 saturated carbocycles. The highest BCUT2D eigenvalue weighted by Gasteiger charge is 2.33. The molecule has 30 heavy (non-hydrogen) atoms. The second-order valence-electron chi connectivity index (χ2n) is 6.63. The van der Waals surface area contributed by atoms with Gasteiger partial charge in [0.1, 0.15) is 17.3 Å². The number of fused-ring (bicyclic) bond motifs is 1. The van der Waals surface area contributed by atoms with Gasteiger partial charge in [-0.25, -0.2) is 23.5 Å². The maximum atomic E-state index is 14.5. The van der Waals surface area contributed by atoms with E-state index < -0.39 is 23.4 Å². The van der Waals surface area contributed by atoms with Crippen molar-refractivity contribution in [3.8, 4) is 11.3 Å². The molecule has 0 aliphatic carbocycles. The zero-order chi connectivity index (χ0) is 21.1. The summed E-state index contributed by atoms with van der Waals surface area (Å²) in [6, 6.07) is 12.0. The van der Waals surface area contributed by atoms with Crippen LogP contribution in [0.4, 0.5) is 31.0 Å². The van der Waals surface area contributed by atoms with Crippen LogP contribution in [0.25, 0.3) is 11.3 Å². The van der Waals surface area contributed by atoms with E-state index in [0.29, 0.717) is 24.2 Å². The molecule has 154 valence electrons. The Kier molecular flexibility index (Phi) is 5.53. The second-order valence-corrected chi connectivity index (χ2v) is 6.63. The van der Waals surface area contributed by atoms with Gasteiger partial charge in [0.05, 0.1) is 12.2 Å². The molecule has 1 aromatic heterocycles. The number of benzene rings is 2. The van der Waals surface area contributed by atoms with Crippen molar-refractivity contribution in [2.45, 2.75) is 13.0 Å². The smallest absolute Gasteiger partial charge is 0.328 e. The van der Waals surface area contributed by atoms with Crippen LogP contribution in [0.2, 0.25) is 0 Å². The largest absolute Gasteiger partial charge is 0.396 e. The summed E-state index contributed by atoms with van der Waals surface area (Å²) in [6.45, 7) is 0.490. The highest BCUT2D eigenvalue weighted by atomic mass is 19.1. The van der Waals surface area contributed by atoms with E-state index >= 15 is 0 Å². The lowest BCUT2D eigenvalue weighted by Crippen LogP contribution is -2.43. The van der Waals surface area contributed by atoms with Crippen molar-refractivity contribution < 1.29 is 18.7 Å². The second kappa shape index (κ2) is 8.42. The normalized spacial score (nSPS) is 13.0. The summed E-state index contributed by atoms with van der Waals surface area (Å²) in [6.07, 6.45) is 0.466. The molecule has 0 radical (unpaired) electrons. The van der Waals surface area contributed by atoms with Gasteiger partial charge in [0.2, 0.25) is 5.95 Å². The Hall–Kier alpha value is -3.59. The summed E-state index contributed by atoms with van der Waals surface area (Å²) in [5, 5.41) is 14.7. The van der Waals surface area contributed by atoms with Crippen molar-refractivity contribution in [3.05, 3.63) is 65.7 Å². The van der Waals surface area contributed by atoms with Gasteiger partial charge in [-0.3, -0.25) is 0 Å². The van der Waals surface area contributed by atoms with Crippen LogP contribution < -0.4 is 15.5 Å². The molecule has 4 rings (SSSR count). The van der Waals surface area contributed by atoms with E-state index in [9.17, 15) is 13.6 Å². The minimum atomic E-state index is -0.882. The third kappa shape index (κ3) is 3.67. The number of amides is 2. The number of nitrogens with zero attached hydrogens (tertiary/aromatic N) is 3. The topological polar surface area (TPSA) is 90.4 Å². The number of carbonyl (C=O) groups excluding carboxylic acids is 1. The van der Waals surface area contributed by atoms with E-state index in [4.69, 9.17) is 5.11 Å². The number of urea groups is 1.